The van der Waals surface area contributed by atoms with Gasteiger partial charge < -0.3 is 10.8 Å². The van der Waals surface area contributed by atoms with E-state index in [9.17, 15) is 0 Å². The van der Waals surface area contributed by atoms with Gasteiger partial charge in [0.2, 0.25) is 0 Å². The van der Waals surface area contributed by atoms with Crippen molar-refractivity contribution in [1.82, 2.24) is 0 Å². The standard InChI is InChI=1S/C13H12IN3/c14-12-4-1-9(2-5-12)10-3-6-13(17-16)11(7-10)8-15/h1-8,15,17H,16H2. The average Bonchev–Trinajstić information content (AvgIpc) is 2.39. The van der Waals surface area contributed by atoms with Crippen LogP contribution in [0.5, 0.6) is 0 Å². The molecule has 0 saturated carbocycles. The van der Waals surface area contributed by atoms with E-state index in [2.05, 4.69) is 52.3 Å². The molecule has 0 aliphatic rings. The lowest BCUT2D eigenvalue weighted by Crippen LogP contribution is -2.08. The molecule has 4 N–H and O–H groups in total. The van der Waals surface area contributed by atoms with Crippen LogP contribution in [0.1, 0.15) is 5.56 Å². The number of rotatable bonds is 3. The molecule has 0 radical (unpaired) electrons. The van der Waals surface area contributed by atoms with E-state index in [1.165, 1.54) is 9.78 Å². The molecule has 3 nitrogen and oxygen atoms in total. The van der Waals surface area contributed by atoms with Crippen molar-refractivity contribution >= 4 is 34.5 Å². The third kappa shape index (κ3) is 2.65. The van der Waals surface area contributed by atoms with Crippen LogP contribution in [-0.4, -0.2) is 6.21 Å². The molecule has 0 saturated heterocycles. The van der Waals surface area contributed by atoms with Gasteiger partial charge in [-0.05, 0) is 58.0 Å². The summed E-state index contributed by atoms with van der Waals surface area (Å²) in [6.07, 6.45) is 1.30. The van der Waals surface area contributed by atoms with Crippen molar-refractivity contribution in [2.24, 2.45) is 5.84 Å². The molecule has 0 spiro atoms. The molecule has 4 heteroatoms. The van der Waals surface area contributed by atoms with Crippen molar-refractivity contribution in [2.45, 2.75) is 0 Å². The van der Waals surface area contributed by atoms with Gasteiger partial charge in [-0.2, -0.15) is 0 Å². The molecule has 0 fully saturated rings. The molecule has 0 aliphatic heterocycles. The van der Waals surface area contributed by atoms with E-state index in [4.69, 9.17) is 11.3 Å². The van der Waals surface area contributed by atoms with E-state index in [1.54, 1.807) is 0 Å². The van der Waals surface area contributed by atoms with Gasteiger partial charge in [-0.3, -0.25) is 5.84 Å². The Labute approximate surface area is 114 Å². The summed E-state index contributed by atoms with van der Waals surface area (Å²) in [6.45, 7) is 0. The Bertz CT molecular complexity index is 535. The van der Waals surface area contributed by atoms with Crippen molar-refractivity contribution in [1.29, 1.82) is 5.41 Å². The van der Waals surface area contributed by atoms with Crippen LogP contribution >= 0.6 is 22.6 Å². The first-order valence-corrected chi connectivity index (χ1v) is 6.19. The third-order valence-corrected chi connectivity index (χ3v) is 3.26. The first-order chi connectivity index (χ1) is 8.24. The highest BCUT2D eigenvalue weighted by Gasteiger charge is 2.02. The fourth-order valence-electron chi connectivity index (χ4n) is 1.64. The SMILES string of the molecule is N=Cc1cc(-c2ccc(I)cc2)ccc1NN. The highest BCUT2D eigenvalue weighted by atomic mass is 127. The number of benzene rings is 2. The van der Waals surface area contributed by atoms with Gasteiger partial charge in [-0.1, -0.05) is 18.2 Å². The van der Waals surface area contributed by atoms with Crippen LogP contribution in [0, 0.1) is 8.98 Å². The van der Waals surface area contributed by atoms with Gasteiger partial charge >= 0.3 is 0 Å². The maximum absolute atomic E-state index is 7.36. The zero-order chi connectivity index (χ0) is 12.3. The molecule has 0 bridgehead atoms. The summed E-state index contributed by atoms with van der Waals surface area (Å²) >= 11 is 2.28. The predicted molar refractivity (Wildman–Crippen MR) is 80.3 cm³/mol. The topological polar surface area (TPSA) is 61.9 Å². The second-order valence-corrected chi connectivity index (χ2v) is 4.84. The minimum absolute atomic E-state index is 0.759. The number of nitrogens with one attached hydrogen (secondary N) is 2. The van der Waals surface area contributed by atoms with Crippen LogP contribution in [0.3, 0.4) is 0 Å². The van der Waals surface area contributed by atoms with Crippen LogP contribution in [-0.2, 0) is 0 Å². The van der Waals surface area contributed by atoms with Crippen molar-refractivity contribution in [3.63, 3.8) is 0 Å². The monoisotopic (exact) mass is 337 g/mol. The molecule has 0 unspecified atom stereocenters. The maximum Gasteiger partial charge on any atom is 0.0573 e. The normalized spacial score (nSPS) is 10.0. The van der Waals surface area contributed by atoms with Gasteiger partial charge in [0.25, 0.3) is 0 Å². The summed E-state index contributed by atoms with van der Waals surface area (Å²) < 4.78 is 1.21. The van der Waals surface area contributed by atoms with Crippen LogP contribution in [0.4, 0.5) is 5.69 Å². The van der Waals surface area contributed by atoms with Crippen LogP contribution in [0.2, 0.25) is 0 Å². The van der Waals surface area contributed by atoms with Gasteiger partial charge in [0, 0.05) is 15.3 Å². The fourth-order valence-corrected chi connectivity index (χ4v) is 2.00. The summed E-state index contributed by atoms with van der Waals surface area (Å²) in [7, 11) is 0. The molecule has 2 aromatic rings. The highest BCUT2D eigenvalue weighted by molar-refractivity contribution is 14.1. The molecular weight excluding hydrogens is 325 g/mol. The summed E-state index contributed by atoms with van der Waals surface area (Å²) in [5.74, 6) is 5.38. The molecule has 2 aromatic carbocycles. The predicted octanol–water partition coefficient (Wildman–Crippen LogP) is 3.24. The Morgan fingerprint density at radius 1 is 1.06 bits per heavy atom. The Balaban J connectivity index is 2.46. The molecule has 0 aliphatic carbocycles. The summed E-state index contributed by atoms with van der Waals surface area (Å²) in [5.41, 5.74) is 6.34. The second-order valence-electron chi connectivity index (χ2n) is 3.60. The van der Waals surface area contributed by atoms with Crippen LogP contribution in [0.25, 0.3) is 11.1 Å². The van der Waals surface area contributed by atoms with Gasteiger partial charge in [-0.15, -0.1) is 0 Å². The lowest BCUT2D eigenvalue weighted by molar-refractivity contribution is 1.34. The molecule has 0 aromatic heterocycles. The number of anilines is 1. The lowest BCUT2D eigenvalue weighted by atomic mass is 10.0. The zero-order valence-electron chi connectivity index (χ0n) is 9.07. The molecule has 0 atom stereocenters. The van der Waals surface area contributed by atoms with Gasteiger partial charge in [-0.25, -0.2) is 0 Å². The molecule has 0 heterocycles. The quantitative estimate of drug-likeness (QED) is 0.348. The van der Waals surface area contributed by atoms with E-state index in [1.807, 2.05) is 18.2 Å². The van der Waals surface area contributed by atoms with E-state index in [-0.39, 0.29) is 0 Å². The fraction of sp³-hybridized carbons (Fsp3) is 0. The Kier molecular flexibility index (Phi) is 3.75. The zero-order valence-corrected chi connectivity index (χ0v) is 11.2. The number of nitrogens with two attached hydrogens (primary N) is 1. The maximum atomic E-state index is 7.36. The third-order valence-electron chi connectivity index (χ3n) is 2.54. The number of halogens is 1. The Hall–Kier alpha value is -1.40. The minimum atomic E-state index is 0.759. The Morgan fingerprint density at radius 3 is 2.29 bits per heavy atom. The molecule has 2 rings (SSSR count). The van der Waals surface area contributed by atoms with Gasteiger partial charge in [0.15, 0.2) is 0 Å². The lowest BCUT2D eigenvalue weighted by Gasteiger charge is -2.08. The number of hydrogen-bond acceptors (Lipinski definition) is 3. The second kappa shape index (κ2) is 5.29. The first-order valence-electron chi connectivity index (χ1n) is 5.11. The summed E-state index contributed by atoms with van der Waals surface area (Å²) in [4.78, 5) is 0. The van der Waals surface area contributed by atoms with E-state index >= 15 is 0 Å². The van der Waals surface area contributed by atoms with Crippen molar-refractivity contribution in [3.8, 4) is 11.1 Å². The number of nitrogen functional groups attached to an aromatic ring is 1. The van der Waals surface area contributed by atoms with E-state index < -0.39 is 0 Å². The average molecular weight is 337 g/mol. The highest BCUT2D eigenvalue weighted by Crippen LogP contribution is 2.24. The van der Waals surface area contributed by atoms with E-state index in [0.29, 0.717) is 0 Å². The van der Waals surface area contributed by atoms with E-state index in [0.717, 1.165) is 22.4 Å². The van der Waals surface area contributed by atoms with Crippen LogP contribution in [0.15, 0.2) is 42.5 Å². The van der Waals surface area contributed by atoms with Crippen molar-refractivity contribution in [3.05, 3.63) is 51.6 Å². The molecule has 17 heavy (non-hydrogen) atoms. The van der Waals surface area contributed by atoms with Gasteiger partial charge in [0.05, 0.1) is 5.69 Å². The molecule has 86 valence electrons. The number of hydrazine groups is 1. The van der Waals surface area contributed by atoms with Crippen LogP contribution < -0.4 is 11.3 Å². The first kappa shape index (κ1) is 12.1. The smallest absolute Gasteiger partial charge is 0.0573 e. The minimum Gasteiger partial charge on any atom is -0.323 e. The molecule has 0 amide bonds. The van der Waals surface area contributed by atoms with Crippen molar-refractivity contribution in [2.75, 3.05) is 5.43 Å². The Morgan fingerprint density at radius 2 is 1.71 bits per heavy atom. The summed E-state index contributed by atoms with van der Waals surface area (Å²) in [5, 5.41) is 7.36. The largest absolute Gasteiger partial charge is 0.323 e. The van der Waals surface area contributed by atoms with Gasteiger partial charge in [0.1, 0.15) is 0 Å². The van der Waals surface area contributed by atoms with Crippen molar-refractivity contribution < 1.29 is 0 Å². The number of hydrogen-bond donors (Lipinski definition) is 3. The summed E-state index contributed by atoms with van der Waals surface area (Å²) in [6, 6.07) is 14.1. The molecular formula is C13H12IN3.